The summed E-state index contributed by atoms with van der Waals surface area (Å²) >= 11 is 0. The van der Waals surface area contributed by atoms with Gasteiger partial charge >= 0.3 is 0 Å². The van der Waals surface area contributed by atoms with Gasteiger partial charge in [-0.05, 0) is 48.2 Å². The van der Waals surface area contributed by atoms with Gasteiger partial charge in [0.1, 0.15) is 0 Å². The number of nitrogens with zero attached hydrogens (tertiary/aromatic N) is 1. The first-order valence-corrected chi connectivity index (χ1v) is 8.04. The minimum Gasteiger partial charge on any atom is -0.303 e. The molecule has 0 saturated carbocycles. The molecule has 1 aliphatic rings. The highest BCUT2D eigenvalue weighted by atomic mass is 15.1. The Morgan fingerprint density at radius 3 is 2.35 bits per heavy atom. The normalized spacial score (nSPS) is 18.9. The van der Waals surface area contributed by atoms with Crippen LogP contribution in [0.4, 0.5) is 0 Å². The van der Waals surface area contributed by atoms with Crippen LogP contribution < -0.4 is 0 Å². The second-order valence-electron chi connectivity index (χ2n) is 6.22. The zero-order valence-electron chi connectivity index (χ0n) is 12.5. The van der Waals surface area contributed by atoms with Gasteiger partial charge in [-0.15, -0.1) is 0 Å². The van der Waals surface area contributed by atoms with E-state index in [1.165, 1.54) is 61.7 Å². The minimum atomic E-state index is 0.623. The van der Waals surface area contributed by atoms with Crippen LogP contribution in [0.15, 0.2) is 42.5 Å². The molecule has 0 amide bonds. The topological polar surface area (TPSA) is 3.24 Å². The van der Waals surface area contributed by atoms with Crippen molar-refractivity contribution in [2.45, 2.75) is 38.5 Å². The summed E-state index contributed by atoms with van der Waals surface area (Å²) in [5.41, 5.74) is 1.48. The number of fused-ring (bicyclic) bond motifs is 1. The molecule has 0 spiro atoms. The smallest absolute Gasteiger partial charge is 0.00476 e. The molecule has 0 aliphatic carbocycles. The second kappa shape index (κ2) is 6.41. The van der Waals surface area contributed by atoms with Crippen molar-refractivity contribution < 1.29 is 0 Å². The van der Waals surface area contributed by atoms with Crippen molar-refractivity contribution in [3.8, 4) is 0 Å². The van der Waals surface area contributed by atoms with Crippen molar-refractivity contribution >= 4 is 10.8 Å². The molecular formula is C19H25N. The number of likely N-dealkylation sites (tertiary alicyclic amines) is 1. The van der Waals surface area contributed by atoms with E-state index in [1.54, 1.807) is 0 Å². The van der Waals surface area contributed by atoms with Gasteiger partial charge in [0.25, 0.3) is 0 Å². The van der Waals surface area contributed by atoms with E-state index < -0.39 is 0 Å². The molecule has 1 atom stereocenters. The Hall–Kier alpha value is -1.34. The van der Waals surface area contributed by atoms with E-state index in [2.05, 4.69) is 54.3 Å². The fourth-order valence-corrected chi connectivity index (χ4v) is 3.33. The summed E-state index contributed by atoms with van der Waals surface area (Å²) in [6.45, 7) is 6.16. The molecule has 2 aromatic carbocycles. The molecule has 1 heteroatoms. The van der Waals surface area contributed by atoms with Crippen LogP contribution in [-0.4, -0.2) is 24.5 Å². The van der Waals surface area contributed by atoms with Crippen LogP contribution >= 0.6 is 0 Å². The van der Waals surface area contributed by atoms with Gasteiger partial charge in [-0.25, -0.2) is 0 Å². The van der Waals surface area contributed by atoms with E-state index in [-0.39, 0.29) is 0 Å². The minimum absolute atomic E-state index is 0.623. The zero-order valence-corrected chi connectivity index (χ0v) is 12.5. The van der Waals surface area contributed by atoms with E-state index in [1.807, 2.05) is 0 Å². The van der Waals surface area contributed by atoms with Gasteiger partial charge in [-0.3, -0.25) is 0 Å². The molecule has 0 N–H and O–H groups in total. The molecule has 0 bridgehead atoms. The Kier molecular flexibility index (Phi) is 4.37. The van der Waals surface area contributed by atoms with E-state index >= 15 is 0 Å². The molecule has 20 heavy (non-hydrogen) atoms. The van der Waals surface area contributed by atoms with Crippen molar-refractivity contribution in [1.29, 1.82) is 0 Å². The molecule has 1 aliphatic heterocycles. The molecule has 1 fully saturated rings. The van der Waals surface area contributed by atoms with E-state index in [4.69, 9.17) is 0 Å². The molecule has 0 aromatic heterocycles. The van der Waals surface area contributed by atoms with Crippen LogP contribution in [0, 0.1) is 0 Å². The quantitative estimate of drug-likeness (QED) is 0.770. The van der Waals surface area contributed by atoms with Crippen molar-refractivity contribution in [3.05, 3.63) is 48.0 Å². The fraction of sp³-hybridized carbons (Fsp3) is 0.474. The molecule has 2 aromatic rings. The summed E-state index contributed by atoms with van der Waals surface area (Å²) in [7, 11) is 0. The summed E-state index contributed by atoms with van der Waals surface area (Å²) in [4.78, 5) is 2.66. The average Bonchev–Trinajstić information content (AvgIpc) is 2.75. The van der Waals surface area contributed by atoms with Gasteiger partial charge in [-0.2, -0.15) is 0 Å². The van der Waals surface area contributed by atoms with Crippen molar-refractivity contribution in [2.75, 3.05) is 19.6 Å². The Bertz CT molecular complexity index is 552. The summed E-state index contributed by atoms with van der Waals surface area (Å²) in [6, 6.07) is 15.6. The van der Waals surface area contributed by atoms with Gasteiger partial charge in [0, 0.05) is 6.54 Å². The molecule has 106 valence electrons. The Morgan fingerprint density at radius 2 is 1.60 bits per heavy atom. The standard InChI is InChI=1S/C19H25N/c1-16(15-20-12-6-2-3-7-13-20)18-11-10-17-8-4-5-9-19(17)14-18/h4-5,8-11,14,16H,2-3,6-7,12-13,15H2,1H3. The summed E-state index contributed by atoms with van der Waals surface area (Å²) in [5, 5.41) is 2.71. The van der Waals surface area contributed by atoms with Crippen molar-refractivity contribution in [1.82, 2.24) is 4.90 Å². The van der Waals surface area contributed by atoms with Gasteiger partial charge < -0.3 is 4.90 Å². The highest BCUT2D eigenvalue weighted by Crippen LogP contribution is 2.23. The Morgan fingerprint density at radius 1 is 0.900 bits per heavy atom. The second-order valence-corrected chi connectivity index (χ2v) is 6.22. The summed E-state index contributed by atoms with van der Waals surface area (Å²) in [6.07, 6.45) is 5.59. The molecule has 1 nitrogen and oxygen atoms in total. The Labute approximate surface area is 122 Å². The van der Waals surface area contributed by atoms with Crippen LogP contribution in [0.2, 0.25) is 0 Å². The number of hydrogen-bond acceptors (Lipinski definition) is 1. The molecule has 1 saturated heterocycles. The lowest BCUT2D eigenvalue weighted by molar-refractivity contribution is 0.271. The first kappa shape index (κ1) is 13.6. The number of hydrogen-bond donors (Lipinski definition) is 0. The van der Waals surface area contributed by atoms with Crippen LogP contribution in [0.5, 0.6) is 0 Å². The van der Waals surface area contributed by atoms with Gasteiger partial charge in [0.2, 0.25) is 0 Å². The SMILES string of the molecule is CC(CN1CCCCCC1)c1ccc2ccccc2c1. The van der Waals surface area contributed by atoms with Gasteiger partial charge in [0.15, 0.2) is 0 Å². The largest absolute Gasteiger partial charge is 0.303 e. The molecule has 3 rings (SSSR count). The third-order valence-electron chi connectivity index (χ3n) is 4.57. The van der Waals surface area contributed by atoms with Crippen molar-refractivity contribution in [2.24, 2.45) is 0 Å². The first-order valence-electron chi connectivity index (χ1n) is 8.04. The van der Waals surface area contributed by atoms with Crippen LogP contribution in [-0.2, 0) is 0 Å². The van der Waals surface area contributed by atoms with Crippen LogP contribution in [0.1, 0.15) is 44.1 Å². The first-order chi connectivity index (χ1) is 9.83. The number of rotatable bonds is 3. The fourth-order valence-electron chi connectivity index (χ4n) is 3.33. The number of benzene rings is 2. The zero-order chi connectivity index (χ0) is 13.8. The van der Waals surface area contributed by atoms with Crippen LogP contribution in [0.3, 0.4) is 0 Å². The van der Waals surface area contributed by atoms with Gasteiger partial charge in [0.05, 0.1) is 0 Å². The van der Waals surface area contributed by atoms with E-state index in [0.717, 1.165) is 0 Å². The molecular weight excluding hydrogens is 242 g/mol. The predicted octanol–water partition coefficient (Wildman–Crippen LogP) is 4.82. The average molecular weight is 267 g/mol. The third-order valence-corrected chi connectivity index (χ3v) is 4.57. The lowest BCUT2D eigenvalue weighted by atomic mass is 9.97. The maximum Gasteiger partial charge on any atom is 0.00476 e. The molecule has 0 radical (unpaired) electrons. The highest BCUT2D eigenvalue weighted by molar-refractivity contribution is 5.83. The maximum absolute atomic E-state index is 2.66. The third kappa shape index (κ3) is 3.21. The lowest BCUT2D eigenvalue weighted by Crippen LogP contribution is -2.28. The van der Waals surface area contributed by atoms with E-state index in [0.29, 0.717) is 5.92 Å². The lowest BCUT2D eigenvalue weighted by Gasteiger charge is -2.24. The summed E-state index contributed by atoms with van der Waals surface area (Å²) < 4.78 is 0. The molecule has 1 unspecified atom stereocenters. The highest BCUT2D eigenvalue weighted by Gasteiger charge is 2.14. The Balaban J connectivity index is 1.72. The molecule has 1 heterocycles. The monoisotopic (exact) mass is 267 g/mol. The van der Waals surface area contributed by atoms with Gasteiger partial charge in [-0.1, -0.05) is 62.2 Å². The maximum atomic E-state index is 2.66. The van der Waals surface area contributed by atoms with E-state index in [9.17, 15) is 0 Å². The predicted molar refractivity (Wildman–Crippen MR) is 87.3 cm³/mol. The van der Waals surface area contributed by atoms with Crippen LogP contribution in [0.25, 0.3) is 10.8 Å². The summed E-state index contributed by atoms with van der Waals surface area (Å²) in [5.74, 6) is 0.623. The van der Waals surface area contributed by atoms with Crippen molar-refractivity contribution in [3.63, 3.8) is 0 Å².